The maximum Gasteiger partial charge on any atom is 0.341 e. The fraction of sp³-hybridized carbons (Fsp3) is 0.316. The molecule has 0 aliphatic carbocycles. The van der Waals surface area contributed by atoms with Gasteiger partial charge in [-0.15, -0.1) is 0 Å². The third-order valence-electron chi connectivity index (χ3n) is 3.82. The average molecular weight is 323 g/mol. The summed E-state index contributed by atoms with van der Waals surface area (Å²) in [5.74, 6) is 0.0690. The van der Waals surface area contributed by atoms with Gasteiger partial charge in [-0.2, -0.15) is 5.10 Å². The lowest BCUT2D eigenvalue weighted by atomic mass is 10.0. The first kappa shape index (κ1) is 16.2. The molecule has 0 radical (unpaired) electrons. The Morgan fingerprint density at radius 3 is 2.83 bits per heavy atom. The minimum Gasteiger partial charge on any atom is -0.462 e. The highest BCUT2D eigenvalue weighted by Crippen LogP contribution is 2.25. The number of esters is 1. The summed E-state index contributed by atoms with van der Waals surface area (Å²) in [5, 5.41) is 5.48. The summed E-state index contributed by atoms with van der Waals surface area (Å²) in [6.07, 6.45) is 4.12. The van der Waals surface area contributed by atoms with Gasteiger partial charge in [0.2, 0.25) is 0 Å². The molecule has 0 fully saturated rings. The molecule has 1 aromatic carbocycles. The predicted octanol–water partition coefficient (Wildman–Crippen LogP) is 3.80. The SMILES string of the molecule is CCOC(=O)c1cnn(-c2cccc3ncccc23)c1CC(C)C. The van der Waals surface area contributed by atoms with Crippen molar-refractivity contribution in [1.29, 1.82) is 0 Å². The standard InChI is InChI=1S/C19H21N3O2/c1-4-24-19(23)15-12-21-22(18(15)11-13(2)3)17-9-5-8-16-14(17)7-6-10-20-16/h5-10,12-13H,4,11H2,1-3H3. The molecule has 3 rings (SSSR count). The van der Waals surface area contributed by atoms with Crippen molar-refractivity contribution in [1.82, 2.24) is 14.8 Å². The Morgan fingerprint density at radius 1 is 1.25 bits per heavy atom. The number of carbonyl (C=O) groups is 1. The van der Waals surface area contributed by atoms with Crippen LogP contribution in [0.1, 0.15) is 36.8 Å². The number of aromatic nitrogens is 3. The monoisotopic (exact) mass is 323 g/mol. The highest BCUT2D eigenvalue weighted by Gasteiger charge is 2.21. The molecule has 0 bridgehead atoms. The molecule has 0 saturated carbocycles. The van der Waals surface area contributed by atoms with E-state index in [2.05, 4.69) is 23.9 Å². The van der Waals surface area contributed by atoms with Crippen LogP contribution in [0, 0.1) is 5.92 Å². The number of hydrogen-bond acceptors (Lipinski definition) is 4. The zero-order valence-corrected chi connectivity index (χ0v) is 14.2. The Balaban J connectivity index is 2.18. The fourth-order valence-electron chi connectivity index (χ4n) is 2.82. The molecule has 124 valence electrons. The molecule has 2 heterocycles. The van der Waals surface area contributed by atoms with Gasteiger partial charge < -0.3 is 4.74 Å². The van der Waals surface area contributed by atoms with Gasteiger partial charge in [-0.05, 0) is 43.5 Å². The van der Waals surface area contributed by atoms with Crippen LogP contribution in [0.4, 0.5) is 0 Å². The topological polar surface area (TPSA) is 57.0 Å². The van der Waals surface area contributed by atoms with Crippen molar-refractivity contribution in [3.05, 3.63) is 54.0 Å². The molecule has 3 aromatic rings. The van der Waals surface area contributed by atoms with Crippen LogP contribution in [0.3, 0.4) is 0 Å². The molecule has 0 N–H and O–H groups in total. The van der Waals surface area contributed by atoms with Crippen molar-refractivity contribution < 1.29 is 9.53 Å². The molecule has 0 spiro atoms. The molecular formula is C19H21N3O2. The predicted molar refractivity (Wildman–Crippen MR) is 93.4 cm³/mol. The quantitative estimate of drug-likeness (QED) is 0.670. The maximum absolute atomic E-state index is 12.3. The van der Waals surface area contributed by atoms with Gasteiger partial charge in [-0.1, -0.05) is 19.9 Å². The first-order valence-corrected chi connectivity index (χ1v) is 8.20. The number of nitrogens with zero attached hydrogens (tertiary/aromatic N) is 3. The number of ether oxygens (including phenoxy) is 1. The van der Waals surface area contributed by atoms with Crippen LogP contribution in [0.25, 0.3) is 16.6 Å². The minimum absolute atomic E-state index is 0.322. The number of fused-ring (bicyclic) bond motifs is 1. The maximum atomic E-state index is 12.3. The zero-order chi connectivity index (χ0) is 17.1. The van der Waals surface area contributed by atoms with E-state index in [0.29, 0.717) is 18.1 Å². The first-order chi connectivity index (χ1) is 11.6. The van der Waals surface area contributed by atoms with Gasteiger partial charge in [-0.25, -0.2) is 9.48 Å². The van der Waals surface area contributed by atoms with E-state index in [1.54, 1.807) is 19.3 Å². The Morgan fingerprint density at radius 2 is 2.08 bits per heavy atom. The third-order valence-corrected chi connectivity index (χ3v) is 3.82. The molecule has 0 atom stereocenters. The van der Waals surface area contributed by atoms with Gasteiger partial charge >= 0.3 is 5.97 Å². The van der Waals surface area contributed by atoms with E-state index < -0.39 is 0 Å². The van der Waals surface area contributed by atoms with Gasteiger partial charge in [0.15, 0.2) is 0 Å². The zero-order valence-electron chi connectivity index (χ0n) is 14.2. The molecule has 0 amide bonds. The highest BCUT2D eigenvalue weighted by atomic mass is 16.5. The van der Waals surface area contributed by atoms with E-state index in [1.807, 2.05) is 35.0 Å². The molecule has 0 saturated heterocycles. The summed E-state index contributed by atoms with van der Waals surface area (Å²) >= 11 is 0. The van der Waals surface area contributed by atoms with Crippen molar-refractivity contribution in [2.24, 2.45) is 5.92 Å². The smallest absolute Gasteiger partial charge is 0.341 e. The van der Waals surface area contributed by atoms with Crippen LogP contribution >= 0.6 is 0 Å². The number of hydrogen-bond donors (Lipinski definition) is 0. The van der Waals surface area contributed by atoms with E-state index in [-0.39, 0.29) is 5.97 Å². The average Bonchev–Trinajstić information content (AvgIpc) is 2.97. The summed E-state index contributed by atoms with van der Waals surface area (Å²) in [7, 11) is 0. The third kappa shape index (κ3) is 3.02. The van der Waals surface area contributed by atoms with Crippen LogP contribution in [-0.4, -0.2) is 27.3 Å². The molecule has 5 heteroatoms. The normalized spacial score (nSPS) is 11.2. The lowest BCUT2D eigenvalue weighted by Crippen LogP contribution is -2.12. The van der Waals surface area contributed by atoms with Gasteiger partial charge in [0, 0.05) is 11.6 Å². The second-order valence-electron chi connectivity index (χ2n) is 6.08. The number of pyridine rings is 1. The summed E-state index contributed by atoms with van der Waals surface area (Å²) in [5.41, 5.74) is 3.23. The van der Waals surface area contributed by atoms with Crippen LogP contribution in [-0.2, 0) is 11.2 Å². The van der Waals surface area contributed by atoms with E-state index in [0.717, 1.165) is 28.7 Å². The fourth-order valence-corrected chi connectivity index (χ4v) is 2.82. The van der Waals surface area contributed by atoms with Gasteiger partial charge in [-0.3, -0.25) is 4.98 Å². The lowest BCUT2D eigenvalue weighted by molar-refractivity contribution is 0.0525. The van der Waals surface area contributed by atoms with Crippen LogP contribution in [0.5, 0.6) is 0 Å². The van der Waals surface area contributed by atoms with Crippen LogP contribution < -0.4 is 0 Å². The van der Waals surface area contributed by atoms with E-state index in [4.69, 9.17) is 4.74 Å². The number of carbonyl (C=O) groups excluding carboxylic acids is 1. The molecule has 0 aliphatic rings. The van der Waals surface area contributed by atoms with Crippen LogP contribution in [0.15, 0.2) is 42.7 Å². The van der Waals surface area contributed by atoms with Gasteiger partial charge in [0.05, 0.1) is 29.7 Å². The van der Waals surface area contributed by atoms with Crippen molar-refractivity contribution in [2.45, 2.75) is 27.2 Å². The number of rotatable bonds is 5. The Bertz CT molecular complexity index is 863. The molecule has 24 heavy (non-hydrogen) atoms. The Kier molecular flexibility index (Phi) is 4.60. The van der Waals surface area contributed by atoms with E-state index >= 15 is 0 Å². The van der Waals surface area contributed by atoms with Crippen molar-refractivity contribution >= 4 is 16.9 Å². The Labute approximate surface area is 141 Å². The van der Waals surface area contributed by atoms with Crippen molar-refractivity contribution in [2.75, 3.05) is 6.61 Å². The van der Waals surface area contributed by atoms with Gasteiger partial charge in [0.25, 0.3) is 0 Å². The second-order valence-corrected chi connectivity index (χ2v) is 6.08. The first-order valence-electron chi connectivity index (χ1n) is 8.20. The second kappa shape index (κ2) is 6.83. The summed E-state index contributed by atoms with van der Waals surface area (Å²) in [6, 6.07) is 9.84. The summed E-state index contributed by atoms with van der Waals surface area (Å²) < 4.78 is 7.03. The van der Waals surface area contributed by atoms with Crippen LogP contribution in [0.2, 0.25) is 0 Å². The Hall–Kier alpha value is -2.69. The van der Waals surface area contributed by atoms with E-state index in [9.17, 15) is 4.79 Å². The summed E-state index contributed by atoms with van der Waals surface area (Å²) in [6.45, 7) is 6.40. The molecular weight excluding hydrogens is 302 g/mol. The highest BCUT2D eigenvalue weighted by molar-refractivity contribution is 5.92. The molecule has 0 unspecified atom stereocenters. The summed E-state index contributed by atoms with van der Waals surface area (Å²) in [4.78, 5) is 16.7. The lowest BCUT2D eigenvalue weighted by Gasteiger charge is -2.13. The minimum atomic E-state index is -0.322. The van der Waals surface area contributed by atoms with E-state index in [1.165, 1.54) is 0 Å². The largest absolute Gasteiger partial charge is 0.462 e. The van der Waals surface area contributed by atoms with Gasteiger partial charge in [0.1, 0.15) is 5.56 Å². The molecule has 5 nitrogen and oxygen atoms in total. The molecule has 0 aliphatic heterocycles. The number of benzene rings is 1. The van der Waals surface area contributed by atoms with Crippen molar-refractivity contribution in [3.63, 3.8) is 0 Å². The van der Waals surface area contributed by atoms with Crippen molar-refractivity contribution in [3.8, 4) is 5.69 Å². The molecule has 2 aromatic heterocycles.